The van der Waals surface area contributed by atoms with Crippen molar-refractivity contribution < 1.29 is 4.74 Å². The highest BCUT2D eigenvalue weighted by Gasteiger charge is 2.34. The van der Waals surface area contributed by atoms with Crippen LogP contribution in [0.1, 0.15) is 24.0 Å². The van der Waals surface area contributed by atoms with E-state index in [1.807, 2.05) is 7.05 Å². The van der Waals surface area contributed by atoms with Gasteiger partial charge in [0.25, 0.3) is 0 Å². The molecule has 1 aliphatic rings. The van der Waals surface area contributed by atoms with E-state index in [0.717, 1.165) is 51.5 Å². The number of rotatable bonds is 6. The average molecular weight is 499 g/mol. The number of hydrogen-bond acceptors (Lipinski definition) is 3. The SMILES string of the molecule is CN=C(NCCc1c[nH]c2cccc(C)c12)NCC1(N(C)C)CCOCC1.I. The number of H-pyrrole nitrogens is 1. The fourth-order valence-electron chi connectivity index (χ4n) is 3.97. The lowest BCUT2D eigenvalue weighted by Crippen LogP contribution is -2.57. The molecule has 28 heavy (non-hydrogen) atoms. The smallest absolute Gasteiger partial charge is 0.191 e. The van der Waals surface area contributed by atoms with Crippen molar-refractivity contribution in [1.82, 2.24) is 20.5 Å². The third-order valence-corrected chi connectivity index (χ3v) is 5.86. The fourth-order valence-corrected chi connectivity index (χ4v) is 3.97. The highest BCUT2D eigenvalue weighted by Crippen LogP contribution is 2.25. The van der Waals surface area contributed by atoms with E-state index in [2.05, 4.69) is 70.9 Å². The second kappa shape index (κ2) is 10.5. The number of aromatic nitrogens is 1. The van der Waals surface area contributed by atoms with Crippen LogP contribution in [-0.4, -0.2) is 68.8 Å². The highest BCUT2D eigenvalue weighted by molar-refractivity contribution is 14.0. The normalized spacial score (nSPS) is 16.8. The van der Waals surface area contributed by atoms with E-state index >= 15 is 0 Å². The first kappa shape index (κ1) is 23.0. The van der Waals surface area contributed by atoms with Crippen LogP contribution in [-0.2, 0) is 11.2 Å². The summed E-state index contributed by atoms with van der Waals surface area (Å²) in [6.07, 6.45) is 5.16. The second-order valence-electron chi connectivity index (χ2n) is 7.65. The first-order chi connectivity index (χ1) is 13.1. The minimum atomic E-state index is 0. The zero-order valence-electron chi connectivity index (χ0n) is 17.5. The molecular weight excluding hydrogens is 465 g/mol. The molecule has 3 rings (SSSR count). The third-order valence-electron chi connectivity index (χ3n) is 5.86. The number of benzene rings is 1. The Hall–Kier alpha value is -1.32. The van der Waals surface area contributed by atoms with Gasteiger partial charge in [-0.3, -0.25) is 4.99 Å². The number of fused-ring (bicyclic) bond motifs is 1. The molecule has 1 fully saturated rings. The van der Waals surface area contributed by atoms with Crippen molar-refractivity contribution in [3.05, 3.63) is 35.5 Å². The van der Waals surface area contributed by atoms with Crippen molar-refractivity contribution in [3.8, 4) is 0 Å². The van der Waals surface area contributed by atoms with Crippen LogP contribution in [0.3, 0.4) is 0 Å². The number of nitrogens with one attached hydrogen (secondary N) is 3. The first-order valence-electron chi connectivity index (χ1n) is 9.81. The molecule has 2 heterocycles. The van der Waals surface area contributed by atoms with E-state index in [0.29, 0.717) is 0 Å². The number of aryl methyl sites for hydroxylation is 1. The second-order valence-corrected chi connectivity index (χ2v) is 7.65. The Morgan fingerprint density at radius 2 is 2.00 bits per heavy atom. The number of likely N-dealkylation sites (N-methyl/N-ethyl adjacent to an activating group) is 1. The number of nitrogens with zero attached hydrogens (tertiary/aromatic N) is 2. The zero-order valence-corrected chi connectivity index (χ0v) is 19.8. The van der Waals surface area contributed by atoms with E-state index in [9.17, 15) is 0 Å². The van der Waals surface area contributed by atoms with E-state index in [4.69, 9.17) is 4.74 Å². The number of hydrogen-bond donors (Lipinski definition) is 3. The van der Waals surface area contributed by atoms with Gasteiger partial charge in [-0.1, -0.05) is 12.1 Å². The molecule has 3 N–H and O–H groups in total. The number of aliphatic imine (C=N–C) groups is 1. The van der Waals surface area contributed by atoms with Crippen LogP contribution in [0.5, 0.6) is 0 Å². The Balaban J connectivity index is 0.00000280. The molecule has 1 aromatic heterocycles. The summed E-state index contributed by atoms with van der Waals surface area (Å²) in [6, 6.07) is 6.40. The summed E-state index contributed by atoms with van der Waals surface area (Å²) in [5, 5.41) is 8.33. The van der Waals surface area contributed by atoms with Crippen molar-refractivity contribution in [2.45, 2.75) is 31.7 Å². The van der Waals surface area contributed by atoms with Crippen LogP contribution in [0.2, 0.25) is 0 Å². The molecule has 0 saturated carbocycles. The van der Waals surface area contributed by atoms with Crippen LogP contribution < -0.4 is 10.6 Å². The van der Waals surface area contributed by atoms with E-state index in [1.165, 1.54) is 22.0 Å². The molecule has 0 atom stereocenters. The minimum absolute atomic E-state index is 0. The van der Waals surface area contributed by atoms with Crippen molar-refractivity contribution >= 4 is 40.8 Å². The topological polar surface area (TPSA) is 64.7 Å². The summed E-state index contributed by atoms with van der Waals surface area (Å²) in [7, 11) is 6.14. The van der Waals surface area contributed by atoms with Gasteiger partial charge >= 0.3 is 0 Å². The summed E-state index contributed by atoms with van der Waals surface area (Å²) in [4.78, 5) is 10.1. The Bertz CT molecular complexity index is 780. The summed E-state index contributed by atoms with van der Waals surface area (Å²) >= 11 is 0. The summed E-state index contributed by atoms with van der Waals surface area (Å²) < 4.78 is 5.56. The molecule has 6 nitrogen and oxygen atoms in total. The number of ether oxygens (including phenoxy) is 1. The molecule has 2 aromatic rings. The van der Waals surface area contributed by atoms with E-state index in [-0.39, 0.29) is 29.5 Å². The standard InChI is InChI=1S/C21H33N5O.HI/c1-16-6-5-7-18-19(16)17(14-24-18)8-11-23-20(22-2)25-15-21(26(3)4)9-12-27-13-10-21;/h5-7,14,24H,8-13,15H2,1-4H3,(H2,22,23,25);1H. The summed E-state index contributed by atoms with van der Waals surface area (Å²) in [5.74, 6) is 0.860. The van der Waals surface area contributed by atoms with Crippen molar-refractivity contribution in [2.24, 2.45) is 4.99 Å². The predicted octanol–water partition coefficient (Wildman–Crippen LogP) is 2.91. The quantitative estimate of drug-likeness (QED) is 0.325. The molecule has 1 aliphatic heterocycles. The molecule has 0 bridgehead atoms. The molecule has 0 spiro atoms. The van der Waals surface area contributed by atoms with Crippen LogP contribution in [0.4, 0.5) is 0 Å². The van der Waals surface area contributed by atoms with Gasteiger partial charge in [0.05, 0.1) is 0 Å². The van der Waals surface area contributed by atoms with Gasteiger partial charge in [0.2, 0.25) is 0 Å². The van der Waals surface area contributed by atoms with E-state index < -0.39 is 0 Å². The molecule has 0 amide bonds. The lowest BCUT2D eigenvalue weighted by Gasteiger charge is -2.43. The van der Waals surface area contributed by atoms with Gasteiger partial charge in [0.1, 0.15) is 0 Å². The Kier molecular flexibility index (Phi) is 8.57. The maximum Gasteiger partial charge on any atom is 0.191 e. The van der Waals surface area contributed by atoms with Crippen LogP contribution in [0, 0.1) is 6.92 Å². The van der Waals surface area contributed by atoms with Crippen molar-refractivity contribution in [3.63, 3.8) is 0 Å². The lowest BCUT2D eigenvalue weighted by molar-refractivity contribution is -0.00500. The van der Waals surface area contributed by atoms with Gasteiger partial charge in [-0.15, -0.1) is 24.0 Å². The predicted molar refractivity (Wildman–Crippen MR) is 128 cm³/mol. The van der Waals surface area contributed by atoms with Gasteiger partial charge in [-0.25, -0.2) is 0 Å². The lowest BCUT2D eigenvalue weighted by atomic mass is 9.88. The Labute approximate surface area is 185 Å². The number of aromatic amines is 1. The monoisotopic (exact) mass is 499 g/mol. The first-order valence-corrected chi connectivity index (χ1v) is 9.81. The summed E-state index contributed by atoms with van der Waals surface area (Å²) in [5.41, 5.74) is 4.00. The molecule has 0 unspecified atom stereocenters. The highest BCUT2D eigenvalue weighted by atomic mass is 127. The minimum Gasteiger partial charge on any atom is -0.381 e. The largest absolute Gasteiger partial charge is 0.381 e. The van der Waals surface area contributed by atoms with Crippen molar-refractivity contribution in [2.75, 3.05) is 47.4 Å². The molecule has 0 radical (unpaired) electrons. The van der Waals surface area contributed by atoms with Gasteiger partial charge in [0, 0.05) is 56.0 Å². The maximum absolute atomic E-state index is 5.56. The number of halogens is 1. The average Bonchev–Trinajstić information content (AvgIpc) is 3.09. The van der Waals surface area contributed by atoms with Crippen molar-refractivity contribution in [1.29, 1.82) is 0 Å². The molecular formula is C21H34IN5O. The van der Waals surface area contributed by atoms with Gasteiger partial charge < -0.3 is 25.3 Å². The third kappa shape index (κ3) is 5.18. The van der Waals surface area contributed by atoms with Crippen LogP contribution in [0.15, 0.2) is 29.4 Å². The summed E-state index contributed by atoms with van der Waals surface area (Å²) in [6.45, 7) is 5.54. The Morgan fingerprint density at radius 1 is 1.25 bits per heavy atom. The molecule has 156 valence electrons. The fraction of sp³-hybridized carbons (Fsp3) is 0.571. The van der Waals surface area contributed by atoms with Gasteiger partial charge in [0.15, 0.2) is 5.96 Å². The maximum atomic E-state index is 5.56. The van der Waals surface area contributed by atoms with Gasteiger partial charge in [-0.05, 0) is 57.5 Å². The van der Waals surface area contributed by atoms with Gasteiger partial charge in [-0.2, -0.15) is 0 Å². The van der Waals surface area contributed by atoms with Crippen LogP contribution >= 0.6 is 24.0 Å². The zero-order chi connectivity index (χ0) is 19.3. The number of guanidine groups is 1. The molecule has 1 saturated heterocycles. The van der Waals surface area contributed by atoms with Crippen LogP contribution in [0.25, 0.3) is 10.9 Å². The molecule has 1 aromatic carbocycles. The molecule has 0 aliphatic carbocycles. The molecule has 7 heteroatoms. The van der Waals surface area contributed by atoms with E-state index in [1.54, 1.807) is 0 Å². The Morgan fingerprint density at radius 3 is 2.68 bits per heavy atom.